The Morgan fingerprint density at radius 2 is 1.50 bits per heavy atom. The lowest BCUT2D eigenvalue weighted by atomic mass is 9.94. The summed E-state index contributed by atoms with van der Waals surface area (Å²) in [5, 5.41) is 12.7. The van der Waals surface area contributed by atoms with Gasteiger partial charge in [0.05, 0.1) is 39.6 Å². The van der Waals surface area contributed by atoms with Crippen molar-refractivity contribution in [3.05, 3.63) is 0 Å². The number of ether oxygens (including phenoxy) is 3. The van der Waals surface area contributed by atoms with Crippen molar-refractivity contribution in [3.8, 4) is 0 Å². The van der Waals surface area contributed by atoms with Gasteiger partial charge in [0.1, 0.15) is 0 Å². The van der Waals surface area contributed by atoms with Gasteiger partial charge in [-0.2, -0.15) is 0 Å². The van der Waals surface area contributed by atoms with Gasteiger partial charge in [0.2, 0.25) is 0 Å². The number of rotatable bonds is 13. The molecule has 0 bridgehead atoms. The van der Waals surface area contributed by atoms with Crippen LogP contribution in [-0.4, -0.2) is 63.9 Å². The molecule has 2 N–H and O–H groups in total. The monoisotopic (exact) mass is 263 g/mol. The van der Waals surface area contributed by atoms with Crippen molar-refractivity contribution in [1.29, 1.82) is 0 Å². The van der Waals surface area contributed by atoms with Gasteiger partial charge in [-0.15, -0.1) is 0 Å². The third-order valence-electron chi connectivity index (χ3n) is 3.21. The van der Waals surface area contributed by atoms with Gasteiger partial charge in [0.15, 0.2) is 0 Å². The van der Waals surface area contributed by atoms with Crippen molar-refractivity contribution < 1.29 is 19.3 Å². The minimum atomic E-state index is -0.154. The molecule has 0 aromatic carbocycles. The molecule has 0 rings (SSSR count). The van der Waals surface area contributed by atoms with Gasteiger partial charge in [-0.1, -0.05) is 13.8 Å². The standard InChI is InChI=1S/C13H29NO4/c1-4-13(5-2,12-15)14-6-7-17-10-11-18-9-8-16-3/h14-15H,4-12H2,1-3H3. The van der Waals surface area contributed by atoms with Crippen LogP contribution < -0.4 is 5.32 Å². The van der Waals surface area contributed by atoms with Gasteiger partial charge in [0, 0.05) is 19.2 Å². The first-order valence-electron chi connectivity index (χ1n) is 6.75. The van der Waals surface area contributed by atoms with Crippen LogP contribution in [0.3, 0.4) is 0 Å². The van der Waals surface area contributed by atoms with Crippen LogP contribution in [0.4, 0.5) is 0 Å². The average Bonchev–Trinajstić information content (AvgIpc) is 2.42. The Kier molecular flexibility index (Phi) is 11.7. The van der Waals surface area contributed by atoms with E-state index < -0.39 is 0 Å². The minimum absolute atomic E-state index is 0.154. The van der Waals surface area contributed by atoms with Crippen molar-refractivity contribution >= 4 is 0 Å². The van der Waals surface area contributed by atoms with E-state index in [0.717, 1.165) is 19.4 Å². The van der Waals surface area contributed by atoms with Crippen LogP contribution in [-0.2, 0) is 14.2 Å². The minimum Gasteiger partial charge on any atom is -0.394 e. The van der Waals surface area contributed by atoms with E-state index in [1.54, 1.807) is 7.11 Å². The number of aliphatic hydroxyl groups excluding tert-OH is 1. The lowest BCUT2D eigenvalue weighted by Gasteiger charge is -2.30. The molecule has 0 atom stereocenters. The number of nitrogens with one attached hydrogen (secondary N) is 1. The lowest BCUT2D eigenvalue weighted by Crippen LogP contribution is -2.48. The Morgan fingerprint density at radius 3 is 2.00 bits per heavy atom. The number of hydrogen-bond donors (Lipinski definition) is 2. The predicted molar refractivity (Wildman–Crippen MR) is 71.9 cm³/mol. The summed E-state index contributed by atoms with van der Waals surface area (Å²) in [5.41, 5.74) is -0.154. The molecule has 18 heavy (non-hydrogen) atoms. The van der Waals surface area contributed by atoms with Gasteiger partial charge in [-0.3, -0.25) is 0 Å². The van der Waals surface area contributed by atoms with E-state index in [0.29, 0.717) is 33.0 Å². The maximum Gasteiger partial charge on any atom is 0.0701 e. The molecule has 110 valence electrons. The van der Waals surface area contributed by atoms with Crippen LogP contribution in [0.1, 0.15) is 26.7 Å². The van der Waals surface area contributed by atoms with E-state index in [-0.39, 0.29) is 12.1 Å². The smallest absolute Gasteiger partial charge is 0.0701 e. The van der Waals surface area contributed by atoms with Gasteiger partial charge < -0.3 is 24.6 Å². The summed E-state index contributed by atoms with van der Waals surface area (Å²) in [6.45, 7) is 8.13. The Labute approximate surface area is 111 Å². The Bertz CT molecular complexity index is 166. The fraction of sp³-hybridized carbons (Fsp3) is 1.00. The largest absolute Gasteiger partial charge is 0.394 e. The first kappa shape index (κ1) is 17.8. The van der Waals surface area contributed by atoms with Gasteiger partial charge in [-0.05, 0) is 12.8 Å². The second-order valence-corrected chi connectivity index (χ2v) is 4.29. The number of hydrogen-bond acceptors (Lipinski definition) is 5. The van der Waals surface area contributed by atoms with Gasteiger partial charge in [-0.25, -0.2) is 0 Å². The summed E-state index contributed by atoms with van der Waals surface area (Å²) in [6.07, 6.45) is 1.83. The summed E-state index contributed by atoms with van der Waals surface area (Å²) in [4.78, 5) is 0. The van der Waals surface area contributed by atoms with Crippen LogP contribution in [0.5, 0.6) is 0 Å². The molecule has 0 aliphatic rings. The summed E-state index contributed by atoms with van der Waals surface area (Å²) >= 11 is 0. The van der Waals surface area contributed by atoms with E-state index in [1.807, 2.05) is 0 Å². The van der Waals surface area contributed by atoms with Crippen LogP contribution in [0.2, 0.25) is 0 Å². The number of aliphatic hydroxyl groups is 1. The topological polar surface area (TPSA) is 60.0 Å². The SMILES string of the molecule is CCC(CC)(CO)NCCOCCOCCOC. The molecule has 0 fully saturated rings. The van der Waals surface area contributed by atoms with E-state index in [9.17, 15) is 5.11 Å². The molecule has 0 aliphatic carbocycles. The van der Waals surface area contributed by atoms with Crippen LogP contribution in [0.25, 0.3) is 0 Å². The highest BCUT2D eigenvalue weighted by Gasteiger charge is 2.23. The first-order chi connectivity index (χ1) is 8.74. The van der Waals surface area contributed by atoms with Gasteiger partial charge >= 0.3 is 0 Å². The molecule has 5 nitrogen and oxygen atoms in total. The predicted octanol–water partition coefficient (Wildman–Crippen LogP) is 0.807. The molecule has 0 aromatic rings. The second kappa shape index (κ2) is 11.9. The molecule has 0 radical (unpaired) electrons. The fourth-order valence-corrected chi connectivity index (χ4v) is 1.63. The summed E-state index contributed by atoms with van der Waals surface area (Å²) < 4.78 is 15.6. The van der Waals surface area contributed by atoms with E-state index in [1.165, 1.54) is 0 Å². The molecular formula is C13H29NO4. The van der Waals surface area contributed by atoms with Crippen molar-refractivity contribution in [2.24, 2.45) is 0 Å². The molecule has 0 saturated heterocycles. The maximum absolute atomic E-state index is 9.36. The second-order valence-electron chi connectivity index (χ2n) is 4.29. The molecule has 0 aromatic heterocycles. The van der Waals surface area contributed by atoms with Crippen molar-refractivity contribution in [2.45, 2.75) is 32.2 Å². The van der Waals surface area contributed by atoms with Crippen LogP contribution in [0, 0.1) is 0 Å². The highest BCUT2D eigenvalue weighted by Crippen LogP contribution is 2.13. The lowest BCUT2D eigenvalue weighted by molar-refractivity contribution is 0.0232. The molecule has 0 heterocycles. The van der Waals surface area contributed by atoms with Crippen molar-refractivity contribution in [3.63, 3.8) is 0 Å². The van der Waals surface area contributed by atoms with E-state index in [4.69, 9.17) is 14.2 Å². The highest BCUT2D eigenvalue weighted by molar-refractivity contribution is 4.84. The fourth-order valence-electron chi connectivity index (χ4n) is 1.63. The molecule has 5 heteroatoms. The maximum atomic E-state index is 9.36. The summed E-state index contributed by atoms with van der Waals surface area (Å²) in [6, 6.07) is 0. The zero-order valence-corrected chi connectivity index (χ0v) is 12.0. The quantitative estimate of drug-likeness (QED) is 0.482. The third kappa shape index (κ3) is 8.00. The van der Waals surface area contributed by atoms with Crippen LogP contribution >= 0.6 is 0 Å². The molecule has 0 unspecified atom stereocenters. The normalized spacial score (nSPS) is 12.0. The van der Waals surface area contributed by atoms with Crippen molar-refractivity contribution in [1.82, 2.24) is 5.32 Å². The van der Waals surface area contributed by atoms with E-state index >= 15 is 0 Å². The summed E-state index contributed by atoms with van der Waals surface area (Å²) in [7, 11) is 1.65. The molecular weight excluding hydrogens is 234 g/mol. The number of methoxy groups -OCH3 is 1. The van der Waals surface area contributed by atoms with Crippen LogP contribution in [0.15, 0.2) is 0 Å². The van der Waals surface area contributed by atoms with Crippen molar-refractivity contribution in [2.75, 3.05) is 53.3 Å². The molecule has 0 aliphatic heterocycles. The Hall–Kier alpha value is -0.200. The highest BCUT2D eigenvalue weighted by atomic mass is 16.5. The van der Waals surface area contributed by atoms with E-state index in [2.05, 4.69) is 19.2 Å². The Morgan fingerprint density at radius 1 is 0.944 bits per heavy atom. The van der Waals surface area contributed by atoms with Gasteiger partial charge in [0.25, 0.3) is 0 Å². The zero-order valence-electron chi connectivity index (χ0n) is 12.0. The third-order valence-corrected chi connectivity index (χ3v) is 3.21. The first-order valence-corrected chi connectivity index (χ1v) is 6.75. The molecule has 0 spiro atoms. The summed E-state index contributed by atoms with van der Waals surface area (Å²) in [5.74, 6) is 0. The Balaban J connectivity index is 3.38. The molecule has 0 amide bonds. The zero-order chi connectivity index (χ0) is 13.7. The average molecular weight is 263 g/mol. The molecule has 0 saturated carbocycles.